The summed E-state index contributed by atoms with van der Waals surface area (Å²) in [4.78, 5) is 18.1. The summed E-state index contributed by atoms with van der Waals surface area (Å²) in [5, 5.41) is 12.1. The SMILES string of the molecule is Cc1cc(/C=C/C(=O)CO)ccc1-c1ccc(N2CCNCC2)nc1.Cl. The molecule has 6 heteroatoms. The van der Waals surface area contributed by atoms with Gasteiger partial charge >= 0.3 is 0 Å². The third-order valence-electron chi connectivity index (χ3n) is 4.37. The van der Waals surface area contributed by atoms with Crippen LogP contribution in [0.5, 0.6) is 0 Å². The van der Waals surface area contributed by atoms with Crippen molar-refractivity contribution in [1.82, 2.24) is 10.3 Å². The highest BCUT2D eigenvalue weighted by Crippen LogP contribution is 2.25. The van der Waals surface area contributed by atoms with Crippen molar-refractivity contribution in [3.8, 4) is 11.1 Å². The van der Waals surface area contributed by atoms with Crippen molar-refractivity contribution in [2.24, 2.45) is 0 Å². The number of ketones is 1. The number of hydrogen-bond acceptors (Lipinski definition) is 5. The van der Waals surface area contributed by atoms with Crippen LogP contribution in [0.3, 0.4) is 0 Å². The molecule has 3 rings (SSSR count). The van der Waals surface area contributed by atoms with Crippen LogP contribution in [0, 0.1) is 6.92 Å². The smallest absolute Gasteiger partial charge is 0.181 e. The molecule has 0 radical (unpaired) electrons. The van der Waals surface area contributed by atoms with Crippen molar-refractivity contribution in [3.63, 3.8) is 0 Å². The molecule has 0 spiro atoms. The third kappa shape index (κ3) is 4.91. The molecule has 1 aromatic heterocycles. The van der Waals surface area contributed by atoms with E-state index in [0.29, 0.717) is 0 Å². The molecule has 5 nitrogen and oxygen atoms in total. The summed E-state index contributed by atoms with van der Waals surface area (Å²) in [7, 11) is 0. The molecule has 1 aromatic carbocycles. The predicted octanol–water partition coefficient (Wildman–Crippen LogP) is 2.46. The number of nitrogens with one attached hydrogen (secondary N) is 1. The van der Waals surface area contributed by atoms with Crippen LogP contribution in [0.1, 0.15) is 11.1 Å². The van der Waals surface area contributed by atoms with E-state index in [1.165, 1.54) is 6.08 Å². The van der Waals surface area contributed by atoms with Crippen LogP contribution in [-0.4, -0.2) is 48.7 Å². The number of pyridine rings is 1. The van der Waals surface area contributed by atoms with Gasteiger partial charge in [-0.1, -0.05) is 24.3 Å². The average molecular weight is 374 g/mol. The molecule has 2 N–H and O–H groups in total. The molecule has 0 bridgehead atoms. The number of benzene rings is 1. The van der Waals surface area contributed by atoms with E-state index in [1.807, 2.05) is 31.3 Å². The fourth-order valence-corrected chi connectivity index (χ4v) is 2.98. The van der Waals surface area contributed by atoms with E-state index in [0.717, 1.165) is 54.3 Å². The molecule has 2 heterocycles. The number of nitrogens with zero attached hydrogens (tertiary/aromatic N) is 2. The first-order chi connectivity index (χ1) is 12.2. The van der Waals surface area contributed by atoms with Crippen molar-refractivity contribution < 1.29 is 9.90 Å². The minimum atomic E-state index is -0.460. The van der Waals surface area contributed by atoms with Gasteiger partial charge < -0.3 is 15.3 Å². The van der Waals surface area contributed by atoms with E-state index < -0.39 is 6.61 Å². The Morgan fingerprint density at radius 3 is 2.65 bits per heavy atom. The van der Waals surface area contributed by atoms with Gasteiger partial charge in [0, 0.05) is 37.9 Å². The van der Waals surface area contributed by atoms with Crippen LogP contribution in [0.25, 0.3) is 17.2 Å². The summed E-state index contributed by atoms with van der Waals surface area (Å²) in [5.41, 5.74) is 4.27. The molecule has 1 aliphatic heterocycles. The molecule has 0 amide bonds. The van der Waals surface area contributed by atoms with Gasteiger partial charge in [0.1, 0.15) is 12.4 Å². The Balaban J connectivity index is 0.00000243. The number of carbonyl (C=O) groups is 1. The maximum atomic E-state index is 11.2. The first kappa shape index (κ1) is 20.1. The summed E-state index contributed by atoms with van der Waals surface area (Å²) < 4.78 is 0. The summed E-state index contributed by atoms with van der Waals surface area (Å²) in [6, 6.07) is 10.2. The Morgan fingerprint density at radius 1 is 1.27 bits per heavy atom. The van der Waals surface area contributed by atoms with Gasteiger partial charge in [0.15, 0.2) is 5.78 Å². The zero-order chi connectivity index (χ0) is 17.6. The predicted molar refractivity (Wildman–Crippen MR) is 108 cm³/mol. The molecule has 0 unspecified atom stereocenters. The number of aliphatic hydroxyl groups excluding tert-OH is 1. The Kier molecular flexibility index (Phi) is 7.33. The molecule has 26 heavy (non-hydrogen) atoms. The maximum absolute atomic E-state index is 11.2. The van der Waals surface area contributed by atoms with E-state index in [1.54, 1.807) is 6.08 Å². The number of hydrogen-bond donors (Lipinski definition) is 2. The van der Waals surface area contributed by atoms with Gasteiger partial charge in [-0.2, -0.15) is 0 Å². The number of anilines is 1. The molecule has 2 aromatic rings. The molecule has 0 saturated carbocycles. The van der Waals surface area contributed by atoms with Crippen molar-refractivity contribution in [3.05, 3.63) is 53.7 Å². The highest BCUT2D eigenvalue weighted by atomic mass is 35.5. The molecule has 138 valence electrons. The summed E-state index contributed by atoms with van der Waals surface area (Å²) in [6.07, 6.45) is 5.05. The van der Waals surface area contributed by atoms with Crippen molar-refractivity contribution >= 4 is 30.1 Å². The lowest BCUT2D eigenvalue weighted by molar-refractivity contribution is -0.117. The summed E-state index contributed by atoms with van der Waals surface area (Å²) >= 11 is 0. The summed E-state index contributed by atoms with van der Waals surface area (Å²) in [6.45, 7) is 5.55. The lowest BCUT2D eigenvalue weighted by Crippen LogP contribution is -2.43. The van der Waals surface area contributed by atoms with Gasteiger partial charge in [-0.15, -0.1) is 12.4 Å². The molecule has 1 saturated heterocycles. The van der Waals surface area contributed by atoms with Crippen molar-refractivity contribution in [2.45, 2.75) is 6.92 Å². The van der Waals surface area contributed by atoms with E-state index in [4.69, 9.17) is 5.11 Å². The van der Waals surface area contributed by atoms with Gasteiger partial charge in [0.05, 0.1) is 0 Å². The molecule has 1 fully saturated rings. The van der Waals surface area contributed by atoms with Crippen LogP contribution < -0.4 is 10.2 Å². The second-order valence-electron chi connectivity index (χ2n) is 6.17. The molecular weight excluding hydrogens is 350 g/mol. The van der Waals surface area contributed by atoms with Gasteiger partial charge in [0.25, 0.3) is 0 Å². The highest BCUT2D eigenvalue weighted by Gasteiger charge is 2.11. The van der Waals surface area contributed by atoms with Crippen molar-refractivity contribution in [1.29, 1.82) is 0 Å². The fourth-order valence-electron chi connectivity index (χ4n) is 2.98. The quantitative estimate of drug-likeness (QED) is 0.788. The van der Waals surface area contributed by atoms with Crippen LogP contribution >= 0.6 is 12.4 Å². The Bertz CT molecular complexity index is 769. The van der Waals surface area contributed by atoms with Gasteiger partial charge in [0.2, 0.25) is 0 Å². The Morgan fingerprint density at radius 2 is 2.04 bits per heavy atom. The monoisotopic (exact) mass is 373 g/mol. The van der Waals surface area contributed by atoms with Gasteiger partial charge in [-0.05, 0) is 41.8 Å². The fraction of sp³-hybridized carbons (Fsp3) is 0.300. The zero-order valence-electron chi connectivity index (χ0n) is 14.8. The Labute approximate surface area is 160 Å². The second-order valence-corrected chi connectivity index (χ2v) is 6.17. The standard InChI is InChI=1S/C20H23N3O2.ClH/c1-15-12-16(2-5-18(25)14-24)3-6-19(15)17-4-7-20(22-13-17)23-10-8-21-9-11-23;/h2-7,12-13,21,24H,8-11,14H2,1H3;1H/b5-2+;. The number of aliphatic hydroxyl groups is 1. The van der Waals surface area contributed by atoms with Gasteiger partial charge in [-0.25, -0.2) is 4.98 Å². The number of aromatic nitrogens is 1. The first-order valence-corrected chi connectivity index (χ1v) is 8.52. The first-order valence-electron chi connectivity index (χ1n) is 8.52. The number of aryl methyl sites for hydroxylation is 1. The lowest BCUT2D eigenvalue weighted by Gasteiger charge is -2.28. The summed E-state index contributed by atoms with van der Waals surface area (Å²) in [5.74, 6) is 0.722. The normalized spacial score (nSPS) is 14.3. The second kappa shape index (κ2) is 9.48. The largest absolute Gasteiger partial charge is 0.388 e. The minimum Gasteiger partial charge on any atom is -0.388 e. The van der Waals surface area contributed by atoms with Crippen LogP contribution in [0.4, 0.5) is 5.82 Å². The Hall–Kier alpha value is -2.21. The minimum absolute atomic E-state index is 0. The number of carbonyl (C=O) groups excluding carboxylic acids is 1. The zero-order valence-corrected chi connectivity index (χ0v) is 15.6. The maximum Gasteiger partial charge on any atom is 0.181 e. The highest BCUT2D eigenvalue weighted by molar-refractivity contribution is 5.94. The van der Waals surface area contributed by atoms with Crippen LogP contribution in [0.15, 0.2) is 42.6 Å². The van der Waals surface area contributed by atoms with Crippen LogP contribution in [0.2, 0.25) is 0 Å². The number of rotatable bonds is 5. The average Bonchev–Trinajstić information content (AvgIpc) is 2.67. The molecular formula is C20H24ClN3O2. The third-order valence-corrected chi connectivity index (χ3v) is 4.37. The lowest BCUT2D eigenvalue weighted by atomic mass is 9.99. The van der Waals surface area contributed by atoms with E-state index in [-0.39, 0.29) is 18.2 Å². The topological polar surface area (TPSA) is 65.5 Å². The van der Waals surface area contributed by atoms with E-state index in [9.17, 15) is 4.79 Å². The van der Waals surface area contributed by atoms with Crippen molar-refractivity contribution in [2.75, 3.05) is 37.7 Å². The van der Waals surface area contributed by atoms with E-state index in [2.05, 4.69) is 27.3 Å². The van der Waals surface area contributed by atoms with Gasteiger partial charge in [-0.3, -0.25) is 4.79 Å². The number of halogens is 1. The van der Waals surface area contributed by atoms with E-state index >= 15 is 0 Å². The molecule has 0 aliphatic carbocycles. The molecule has 1 aliphatic rings. The molecule has 0 atom stereocenters. The number of piperazine rings is 1. The van der Waals surface area contributed by atoms with Crippen LogP contribution in [-0.2, 0) is 4.79 Å².